The lowest BCUT2D eigenvalue weighted by Gasteiger charge is -2.24. The number of aromatic nitrogens is 1. The highest BCUT2D eigenvalue weighted by molar-refractivity contribution is 7.14. The highest BCUT2D eigenvalue weighted by atomic mass is 35.5. The summed E-state index contributed by atoms with van der Waals surface area (Å²) in [5.74, 6) is -2.80. The molecule has 2 aromatic carbocycles. The lowest BCUT2D eigenvalue weighted by atomic mass is 9.76. The third-order valence-electron chi connectivity index (χ3n) is 5.25. The topological polar surface area (TPSA) is 93.1 Å². The lowest BCUT2D eigenvalue weighted by Crippen LogP contribution is -2.34. The number of halogens is 2. The third kappa shape index (κ3) is 4.11. The summed E-state index contributed by atoms with van der Waals surface area (Å²) in [5, 5.41) is 28.3. The fourth-order valence-electron chi connectivity index (χ4n) is 3.70. The summed E-state index contributed by atoms with van der Waals surface area (Å²) in [5.41, 5.74) is 2.77. The second kappa shape index (κ2) is 9.10. The molecule has 0 fully saturated rings. The number of nitriles is 2. The van der Waals surface area contributed by atoms with Crippen molar-refractivity contribution in [2.24, 2.45) is 16.9 Å². The summed E-state index contributed by atoms with van der Waals surface area (Å²) in [7, 11) is 0. The first-order valence-electron chi connectivity index (χ1n) is 9.58. The van der Waals surface area contributed by atoms with Crippen LogP contribution in [0.4, 0.5) is 5.13 Å². The maximum absolute atomic E-state index is 13.4. The van der Waals surface area contributed by atoms with Crippen molar-refractivity contribution in [1.82, 2.24) is 4.98 Å². The molecule has 1 aliphatic heterocycles. The molecule has 0 bridgehead atoms. The average Bonchev–Trinajstić information content (AvgIpc) is 3.38. The smallest absolute Gasteiger partial charge is 0.259 e. The van der Waals surface area contributed by atoms with E-state index in [-0.39, 0.29) is 5.91 Å². The molecule has 4 rings (SSSR count). The van der Waals surface area contributed by atoms with Crippen LogP contribution in [0, 0.1) is 34.5 Å². The van der Waals surface area contributed by atoms with Gasteiger partial charge in [0, 0.05) is 32.6 Å². The summed E-state index contributed by atoms with van der Waals surface area (Å²) in [6.07, 6.45) is 0. The SMILES string of the molecule is CC1=NN(c2nc(-c3ccc(Cl)cc3)cs2)C(=O)[C@H]1[C@H](c1ccc(Cl)cc1)C(C#N)C#N. The first kappa shape index (κ1) is 22.0. The number of rotatable bonds is 5. The van der Waals surface area contributed by atoms with Crippen molar-refractivity contribution in [3.05, 3.63) is 69.5 Å². The van der Waals surface area contributed by atoms with Crippen LogP contribution in [0.5, 0.6) is 0 Å². The van der Waals surface area contributed by atoms with E-state index >= 15 is 0 Å². The Balaban J connectivity index is 1.68. The lowest BCUT2D eigenvalue weighted by molar-refractivity contribution is -0.120. The zero-order valence-electron chi connectivity index (χ0n) is 16.7. The van der Waals surface area contributed by atoms with Gasteiger partial charge < -0.3 is 0 Å². The van der Waals surface area contributed by atoms with Crippen molar-refractivity contribution in [2.75, 3.05) is 5.01 Å². The van der Waals surface area contributed by atoms with Gasteiger partial charge in [0.05, 0.1) is 23.8 Å². The van der Waals surface area contributed by atoms with Crippen LogP contribution in [0.2, 0.25) is 10.0 Å². The molecule has 1 aromatic heterocycles. The molecule has 32 heavy (non-hydrogen) atoms. The van der Waals surface area contributed by atoms with Crippen LogP contribution in [0.25, 0.3) is 11.3 Å². The molecule has 1 aliphatic rings. The van der Waals surface area contributed by atoms with E-state index in [1.165, 1.54) is 16.3 Å². The number of hydrogen-bond donors (Lipinski definition) is 0. The van der Waals surface area contributed by atoms with Gasteiger partial charge in [0.15, 0.2) is 0 Å². The van der Waals surface area contributed by atoms with E-state index in [0.29, 0.717) is 32.1 Å². The molecule has 0 spiro atoms. The molecule has 9 heteroatoms. The molecule has 0 unspecified atom stereocenters. The number of hydrazone groups is 1. The largest absolute Gasteiger partial charge is 0.272 e. The average molecular weight is 480 g/mol. The minimum atomic E-state index is -1.03. The molecule has 0 aliphatic carbocycles. The predicted octanol–water partition coefficient (Wildman–Crippen LogP) is 5.90. The Morgan fingerprint density at radius 1 is 1.03 bits per heavy atom. The number of hydrogen-bond acceptors (Lipinski definition) is 6. The molecule has 2 atom stereocenters. The van der Waals surface area contributed by atoms with Crippen molar-refractivity contribution < 1.29 is 4.79 Å². The number of benzene rings is 2. The van der Waals surface area contributed by atoms with E-state index in [0.717, 1.165) is 5.56 Å². The van der Waals surface area contributed by atoms with Gasteiger partial charge in [0.2, 0.25) is 5.13 Å². The molecular formula is C23H15Cl2N5OS. The fourth-order valence-corrected chi connectivity index (χ4v) is 4.74. The minimum Gasteiger partial charge on any atom is -0.272 e. The Bertz CT molecular complexity index is 1260. The Hall–Kier alpha value is -3.23. The van der Waals surface area contributed by atoms with E-state index in [1.807, 2.05) is 29.7 Å². The van der Waals surface area contributed by atoms with Crippen LogP contribution < -0.4 is 5.01 Å². The van der Waals surface area contributed by atoms with Gasteiger partial charge in [-0.15, -0.1) is 11.3 Å². The van der Waals surface area contributed by atoms with E-state index < -0.39 is 17.8 Å². The molecule has 3 aromatic rings. The quantitative estimate of drug-likeness (QED) is 0.454. The van der Waals surface area contributed by atoms with Crippen molar-refractivity contribution >= 4 is 51.3 Å². The first-order chi connectivity index (χ1) is 15.4. The van der Waals surface area contributed by atoms with Crippen LogP contribution >= 0.6 is 34.5 Å². The number of carbonyl (C=O) groups excluding carboxylic acids is 1. The molecule has 0 saturated carbocycles. The molecule has 6 nitrogen and oxygen atoms in total. The van der Waals surface area contributed by atoms with Gasteiger partial charge in [0.25, 0.3) is 5.91 Å². The number of thiazole rings is 1. The van der Waals surface area contributed by atoms with Gasteiger partial charge in [-0.1, -0.05) is 47.5 Å². The molecule has 158 valence electrons. The summed E-state index contributed by atoms with van der Waals surface area (Å²) >= 11 is 13.2. The molecule has 0 N–H and O–H groups in total. The Kier molecular flexibility index (Phi) is 6.25. The summed E-state index contributed by atoms with van der Waals surface area (Å²) in [6, 6.07) is 18.1. The second-order valence-corrected chi connectivity index (χ2v) is 8.91. The van der Waals surface area contributed by atoms with Gasteiger partial charge in [-0.05, 0) is 36.8 Å². The summed E-state index contributed by atoms with van der Waals surface area (Å²) < 4.78 is 0. The number of carbonyl (C=O) groups is 1. The summed E-state index contributed by atoms with van der Waals surface area (Å²) in [6.45, 7) is 1.73. The van der Waals surface area contributed by atoms with Crippen LogP contribution in [0.15, 0.2) is 59.0 Å². The molecule has 0 radical (unpaired) electrons. The Morgan fingerprint density at radius 3 is 2.22 bits per heavy atom. The number of amides is 1. The van der Waals surface area contributed by atoms with Crippen LogP contribution in [0.1, 0.15) is 18.4 Å². The standard InChI is InChI=1S/C23H15Cl2N5OS/c1-13-20(21(16(10-26)11-27)15-4-8-18(25)9-5-15)22(31)30(29-13)23-28-19(12-32-23)14-2-6-17(24)7-3-14/h2-9,12,16,20-21H,1H3/t20-,21-/m1/s1. The van der Waals surface area contributed by atoms with Crippen molar-refractivity contribution in [2.45, 2.75) is 12.8 Å². The highest BCUT2D eigenvalue weighted by Crippen LogP contribution is 2.40. The zero-order valence-corrected chi connectivity index (χ0v) is 19.1. The minimum absolute atomic E-state index is 0.324. The van der Waals surface area contributed by atoms with Gasteiger partial charge in [0.1, 0.15) is 5.92 Å². The van der Waals surface area contributed by atoms with Crippen molar-refractivity contribution in [1.29, 1.82) is 10.5 Å². The van der Waals surface area contributed by atoms with Crippen LogP contribution in [-0.2, 0) is 4.79 Å². The second-order valence-electron chi connectivity index (χ2n) is 7.20. The van der Waals surface area contributed by atoms with E-state index in [2.05, 4.69) is 10.1 Å². The Labute approximate surface area is 198 Å². The molecule has 0 saturated heterocycles. The van der Waals surface area contributed by atoms with Crippen molar-refractivity contribution in [3.8, 4) is 23.4 Å². The van der Waals surface area contributed by atoms with E-state index in [4.69, 9.17) is 23.2 Å². The van der Waals surface area contributed by atoms with E-state index in [9.17, 15) is 15.3 Å². The number of nitrogens with zero attached hydrogens (tertiary/aromatic N) is 5. The zero-order chi connectivity index (χ0) is 22.8. The van der Waals surface area contributed by atoms with E-state index in [1.54, 1.807) is 43.3 Å². The van der Waals surface area contributed by atoms with Gasteiger partial charge in [-0.3, -0.25) is 4.79 Å². The monoisotopic (exact) mass is 479 g/mol. The third-order valence-corrected chi connectivity index (χ3v) is 6.57. The van der Waals surface area contributed by atoms with Gasteiger partial charge >= 0.3 is 0 Å². The molecule has 2 heterocycles. The maximum Gasteiger partial charge on any atom is 0.259 e. The van der Waals surface area contributed by atoms with Gasteiger partial charge in [-0.25, -0.2) is 4.98 Å². The van der Waals surface area contributed by atoms with Crippen LogP contribution in [-0.4, -0.2) is 16.6 Å². The fraction of sp³-hybridized carbons (Fsp3) is 0.174. The van der Waals surface area contributed by atoms with Crippen LogP contribution in [0.3, 0.4) is 0 Å². The highest BCUT2D eigenvalue weighted by Gasteiger charge is 2.45. The molecular weight excluding hydrogens is 465 g/mol. The van der Waals surface area contributed by atoms with Gasteiger partial charge in [-0.2, -0.15) is 20.6 Å². The Morgan fingerprint density at radius 2 is 1.62 bits per heavy atom. The maximum atomic E-state index is 13.4. The predicted molar refractivity (Wildman–Crippen MR) is 126 cm³/mol. The normalized spacial score (nSPS) is 16.6. The number of anilines is 1. The van der Waals surface area contributed by atoms with Crippen molar-refractivity contribution in [3.63, 3.8) is 0 Å². The summed E-state index contributed by atoms with van der Waals surface area (Å²) in [4.78, 5) is 18.0. The molecule has 1 amide bonds. The first-order valence-corrected chi connectivity index (χ1v) is 11.2.